The predicted molar refractivity (Wildman–Crippen MR) is 170 cm³/mol. The van der Waals surface area contributed by atoms with Crippen molar-refractivity contribution in [1.29, 1.82) is 0 Å². The van der Waals surface area contributed by atoms with Gasteiger partial charge in [-0.05, 0) is 47.7 Å². The third kappa shape index (κ3) is 6.35. The first-order chi connectivity index (χ1) is 20.7. The SMILES string of the molecule is COc1c(NC(=O)c2ccc(C)c(-c3noc(-c4cnn(C)c4-c4ccccc4)n3)c2)cc(C(C)(C)C)cc1NS(C)(=O)=O. The molecule has 0 bridgehead atoms. The summed E-state index contributed by atoms with van der Waals surface area (Å²) in [6.45, 7) is 7.87. The highest BCUT2D eigenvalue weighted by Gasteiger charge is 2.24. The van der Waals surface area contributed by atoms with Crippen molar-refractivity contribution in [1.82, 2.24) is 19.9 Å². The number of aromatic nitrogens is 4. The first-order valence-electron chi connectivity index (χ1n) is 13.8. The number of hydrogen-bond donors (Lipinski definition) is 2. The second-order valence-corrected chi connectivity index (χ2v) is 13.3. The topological polar surface area (TPSA) is 141 Å². The molecule has 12 heteroatoms. The molecular formula is C32H34N6O5S. The second kappa shape index (κ2) is 11.6. The molecule has 0 radical (unpaired) electrons. The number of nitrogens with one attached hydrogen (secondary N) is 2. The van der Waals surface area contributed by atoms with Crippen LogP contribution >= 0.6 is 0 Å². The molecule has 0 saturated heterocycles. The molecule has 5 rings (SSSR count). The average molecular weight is 615 g/mol. The van der Waals surface area contributed by atoms with Crippen molar-refractivity contribution in [3.05, 3.63) is 83.6 Å². The molecule has 0 spiro atoms. The summed E-state index contributed by atoms with van der Waals surface area (Å²) in [5.74, 6) is 0.388. The van der Waals surface area contributed by atoms with Crippen LogP contribution in [0.5, 0.6) is 5.75 Å². The van der Waals surface area contributed by atoms with Gasteiger partial charge in [0.15, 0.2) is 5.75 Å². The molecule has 1 amide bonds. The molecular weight excluding hydrogens is 580 g/mol. The van der Waals surface area contributed by atoms with Gasteiger partial charge in [0.2, 0.25) is 15.8 Å². The van der Waals surface area contributed by atoms with E-state index in [1.807, 2.05) is 65.1 Å². The zero-order valence-electron chi connectivity index (χ0n) is 25.6. The van der Waals surface area contributed by atoms with Crippen molar-refractivity contribution in [2.45, 2.75) is 33.1 Å². The molecule has 0 atom stereocenters. The van der Waals surface area contributed by atoms with E-state index in [2.05, 4.69) is 25.3 Å². The Hall–Kier alpha value is -4.97. The van der Waals surface area contributed by atoms with E-state index < -0.39 is 15.9 Å². The van der Waals surface area contributed by atoms with E-state index >= 15 is 0 Å². The number of amides is 1. The summed E-state index contributed by atoms with van der Waals surface area (Å²) in [5.41, 5.74) is 5.29. The average Bonchev–Trinajstić information content (AvgIpc) is 3.59. The smallest absolute Gasteiger partial charge is 0.262 e. The number of ether oxygens (including phenoxy) is 1. The quantitative estimate of drug-likeness (QED) is 0.215. The molecule has 0 aliphatic heterocycles. The van der Waals surface area contributed by atoms with Gasteiger partial charge in [0, 0.05) is 23.7 Å². The minimum atomic E-state index is -3.62. The molecule has 44 heavy (non-hydrogen) atoms. The highest BCUT2D eigenvalue weighted by atomic mass is 32.2. The molecule has 2 aromatic heterocycles. The first-order valence-corrected chi connectivity index (χ1v) is 15.7. The van der Waals surface area contributed by atoms with Crippen LogP contribution in [0.25, 0.3) is 34.1 Å². The summed E-state index contributed by atoms with van der Waals surface area (Å²) in [5, 5.41) is 11.5. The summed E-state index contributed by atoms with van der Waals surface area (Å²) in [7, 11) is -0.353. The maximum Gasteiger partial charge on any atom is 0.262 e. The highest BCUT2D eigenvalue weighted by molar-refractivity contribution is 7.92. The lowest BCUT2D eigenvalue weighted by Gasteiger charge is -2.24. The van der Waals surface area contributed by atoms with Crippen molar-refractivity contribution in [3.63, 3.8) is 0 Å². The van der Waals surface area contributed by atoms with Crippen molar-refractivity contribution in [2.24, 2.45) is 7.05 Å². The lowest BCUT2D eigenvalue weighted by molar-refractivity contribution is 0.102. The Kier molecular flexibility index (Phi) is 8.04. The van der Waals surface area contributed by atoms with Crippen LogP contribution in [0, 0.1) is 6.92 Å². The van der Waals surface area contributed by atoms with Crippen LogP contribution in [0.2, 0.25) is 0 Å². The van der Waals surface area contributed by atoms with Crippen molar-refractivity contribution < 1.29 is 22.5 Å². The Morgan fingerprint density at radius 2 is 1.70 bits per heavy atom. The number of hydrogen-bond acceptors (Lipinski definition) is 8. The van der Waals surface area contributed by atoms with Crippen LogP contribution in [-0.2, 0) is 22.5 Å². The summed E-state index contributed by atoms with van der Waals surface area (Å²) in [6, 6.07) is 18.5. The van der Waals surface area contributed by atoms with Crippen molar-refractivity contribution in [2.75, 3.05) is 23.4 Å². The highest BCUT2D eigenvalue weighted by Crippen LogP contribution is 2.39. The van der Waals surface area contributed by atoms with Gasteiger partial charge in [-0.25, -0.2) is 8.42 Å². The number of sulfonamides is 1. The molecule has 2 N–H and O–H groups in total. The molecule has 228 valence electrons. The van der Waals surface area contributed by atoms with E-state index in [1.165, 1.54) is 7.11 Å². The van der Waals surface area contributed by atoms with Crippen LogP contribution in [0.15, 0.2) is 71.4 Å². The lowest BCUT2D eigenvalue weighted by Crippen LogP contribution is -2.18. The maximum atomic E-state index is 13.6. The maximum absolute atomic E-state index is 13.6. The molecule has 0 aliphatic rings. The van der Waals surface area contributed by atoms with E-state index in [4.69, 9.17) is 9.26 Å². The van der Waals surface area contributed by atoms with Crippen molar-refractivity contribution >= 4 is 27.3 Å². The number of benzene rings is 3. The summed E-state index contributed by atoms with van der Waals surface area (Å²) in [6.07, 6.45) is 2.74. The largest absolute Gasteiger partial charge is 0.492 e. The van der Waals surface area contributed by atoms with Gasteiger partial charge in [-0.3, -0.25) is 14.2 Å². The van der Waals surface area contributed by atoms with E-state index in [9.17, 15) is 13.2 Å². The van der Waals surface area contributed by atoms with Gasteiger partial charge in [0.25, 0.3) is 11.8 Å². The normalized spacial score (nSPS) is 11.8. The predicted octanol–water partition coefficient (Wildman–Crippen LogP) is 6.04. The zero-order valence-corrected chi connectivity index (χ0v) is 26.4. The van der Waals surface area contributed by atoms with Crippen LogP contribution in [0.4, 0.5) is 11.4 Å². The fourth-order valence-corrected chi connectivity index (χ4v) is 5.37. The van der Waals surface area contributed by atoms with Gasteiger partial charge in [-0.15, -0.1) is 0 Å². The van der Waals surface area contributed by atoms with Crippen LogP contribution in [0.1, 0.15) is 42.3 Å². The Labute approximate surface area is 256 Å². The van der Waals surface area contributed by atoms with Gasteiger partial charge in [-0.1, -0.05) is 62.3 Å². The molecule has 0 unspecified atom stereocenters. The minimum absolute atomic E-state index is 0.192. The van der Waals surface area contributed by atoms with E-state index in [-0.39, 0.29) is 16.9 Å². The zero-order chi connectivity index (χ0) is 31.8. The number of rotatable bonds is 8. The minimum Gasteiger partial charge on any atom is -0.492 e. The summed E-state index contributed by atoms with van der Waals surface area (Å²) >= 11 is 0. The molecule has 2 heterocycles. The fraction of sp³-hybridized carbons (Fsp3) is 0.250. The van der Waals surface area contributed by atoms with Gasteiger partial charge in [0.05, 0.1) is 42.2 Å². The number of methoxy groups -OCH3 is 1. The summed E-state index contributed by atoms with van der Waals surface area (Å²) < 4.78 is 39.7. The van der Waals surface area contributed by atoms with Gasteiger partial charge in [-0.2, -0.15) is 10.1 Å². The van der Waals surface area contributed by atoms with E-state index in [0.717, 1.165) is 28.6 Å². The van der Waals surface area contributed by atoms with Crippen LogP contribution in [-0.4, -0.2) is 47.6 Å². The van der Waals surface area contributed by atoms with Gasteiger partial charge in [0.1, 0.15) is 0 Å². The monoisotopic (exact) mass is 614 g/mol. The van der Waals surface area contributed by atoms with Crippen molar-refractivity contribution in [3.8, 4) is 39.8 Å². The van der Waals surface area contributed by atoms with Crippen LogP contribution < -0.4 is 14.8 Å². The fourth-order valence-electron chi connectivity index (χ4n) is 4.82. The number of carbonyl (C=O) groups excluding carboxylic acids is 1. The Balaban J connectivity index is 1.49. The number of anilines is 2. The third-order valence-electron chi connectivity index (χ3n) is 7.09. The first kappa shape index (κ1) is 30.5. The molecule has 3 aromatic carbocycles. The third-order valence-corrected chi connectivity index (χ3v) is 7.68. The second-order valence-electron chi connectivity index (χ2n) is 11.5. The van der Waals surface area contributed by atoms with Crippen LogP contribution in [0.3, 0.4) is 0 Å². The molecule has 0 aliphatic carbocycles. The number of carbonyl (C=O) groups is 1. The Morgan fingerprint density at radius 3 is 2.36 bits per heavy atom. The Morgan fingerprint density at radius 1 is 1.00 bits per heavy atom. The molecule has 0 fully saturated rings. The van der Waals surface area contributed by atoms with Gasteiger partial charge >= 0.3 is 0 Å². The molecule has 0 saturated carbocycles. The Bertz CT molecular complexity index is 1960. The van der Waals surface area contributed by atoms with E-state index in [1.54, 1.807) is 41.2 Å². The van der Waals surface area contributed by atoms with Gasteiger partial charge < -0.3 is 14.6 Å². The molecule has 5 aromatic rings. The molecule has 11 nitrogen and oxygen atoms in total. The summed E-state index contributed by atoms with van der Waals surface area (Å²) in [4.78, 5) is 18.2. The lowest BCUT2D eigenvalue weighted by atomic mass is 9.86. The standard InChI is InChI=1S/C32H34N6O5S/c1-19-13-14-21(30(39)34-25-16-22(32(2,3)4)17-26(28(25)42-6)37-44(7,40)41)15-23(19)29-35-31(43-36-29)24-18-33-38(5)27(24)20-11-9-8-10-12-20/h8-18,37H,1-7H3,(H,34,39). The van der Waals surface area contributed by atoms with E-state index in [0.29, 0.717) is 34.1 Å². The number of nitrogens with zero attached hydrogens (tertiary/aromatic N) is 4. The number of aryl methyl sites for hydroxylation is 2.